The van der Waals surface area contributed by atoms with Crippen molar-refractivity contribution in [3.8, 4) is 0 Å². The van der Waals surface area contributed by atoms with Gasteiger partial charge in [0.05, 0.1) is 0 Å². The molecule has 0 fully saturated rings. The SMILES string of the molecule is C/C=C/c1cnc(NCC)s1. The van der Waals surface area contributed by atoms with Gasteiger partial charge in [-0.05, 0) is 19.9 Å². The molecule has 1 rings (SSSR count). The first-order valence-electron chi connectivity index (χ1n) is 3.69. The molecule has 1 N–H and O–H groups in total. The maximum absolute atomic E-state index is 4.18. The predicted octanol–water partition coefficient (Wildman–Crippen LogP) is 2.61. The predicted molar refractivity (Wildman–Crippen MR) is 51.0 cm³/mol. The standard InChI is InChI=1S/C8H12N2S/c1-3-5-7-6-10-8(11-7)9-4-2/h3,5-6H,4H2,1-2H3,(H,9,10)/b5-3+. The fourth-order valence-electron chi connectivity index (χ4n) is 0.761. The summed E-state index contributed by atoms with van der Waals surface area (Å²) in [7, 11) is 0. The summed E-state index contributed by atoms with van der Waals surface area (Å²) in [5.74, 6) is 0. The summed E-state index contributed by atoms with van der Waals surface area (Å²) >= 11 is 1.67. The van der Waals surface area contributed by atoms with E-state index in [0.717, 1.165) is 11.7 Å². The molecule has 0 saturated carbocycles. The number of allylic oxidation sites excluding steroid dienone is 1. The van der Waals surface area contributed by atoms with E-state index < -0.39 is 0 Å². The largest absolute Gasteiger partial charge is 0.362 e. The van der Waals surface area contributed by atoms with Crippen LogP contribution in [0.3, 0.4) is 0 Å². The highest BCUT2D eigenvalue weighted by atomic mass is 32.1. The van der Waals surface area contributed by atoms with Crippen molar-refractivity contribution in [3.05, 3.63) is 17.2 Å². The van der Waals surface area contributed by atoms with Gasteiger partial charge in [-0.3, -0.25) is 0 Å². The lowest BCUT2D eigenvalue weighted by atomic mass is 10.5. The van der Waals surface area contributed by atoms with Gasteiger partial charge in [0.15, 0.2) is 5.13 Å². The van der Waals surface area contributed by atoms with E-state index in [9.17, 15) is 0 Å². The average Bonchev–Trinajstić information content (AvgIpc) is 2.38. The lowest BCUT2D eigenvalue weighted by molar-refractivity contribution is 1.19. The molecule has 0 saturated heterocycles. The molecule has 0 aromatic carbocycles. The van der Waals surface area contributed by atoms with Crippen molar-refractivity contribution in [2.75, 3.05) is 11.9 Å². The Hall–Kier alpha value is -0.830. The highest BCUT2D eigenvalue weighted by Gasteiger charge is 1.95. The van der Waals surface area contributed by atoms with Crippen molar-refractivity contribution >= 4 is 22.5 Å². The number of hydrogen-bond acceptors (Lipinski definition) is 3. The van der Waals surface area contributed by atoms with Crippen molar-refractivity contribution < 1.29 is 0 Å². The minimum absolute atomic E-state index is 0.933. The summed E-state index contributed by atoms with van der Waals surface area (Å²) < 4.78 is 0. The minimum atomic E-state index is 0.933. The zero-order chi connectivity index (χ0) is 8.10. The number of aromatic nitrogens is 1. The van der Waals surface area contributed by atoms with Crippen molar-refractivity contribution in [1.82, 2.24) is 4.98 Å². The van der Waals surface area contributed by atoms with E-state index >= 15 is 0 Å². The van der Waals surface area contributed by atoms with Gasteiger partial charge in [0.2, 0.25) is 0 Å². The topological polar surface area (TPSA) is 24.9 Å². The molecule has 0 atom stereocenters. The van der Waals surface area contributed by atoms with Crippen LogP contribution in [0.5, 0.6) is 0 Å². The molecular formula is C8H12N2S. The van der Waals surface area contributed by atoms with Gasteiger partial charge in [-0.1, -0.05) is 17.4 Å². The van der Waals surface area contributed by atoms with Crippen molar-refractivity contribution in [2.45, 2.75) is 13.8 Å². The van der Waals surface area contributed by atoms with E-state index in [-0.39, 0.29) is 0 Å². The van der Waals surface area contributed by atoms with E-state index in [1.165, 1.54) is 4.88 Å². The molecule has 0 aliphatic rings. The van der Waals surface area contributed by atoms with Gasteiger partial charge in [0.25, 0.3) is 0 Å². The number of nitrogens with one attached hydrogen (secondary N) is 1. The second-order valence-corrected chi connectivity index (χ2v) is 3.16. The molecule has 1 aromatic rings. The lowest BCUT2D eigenvalue weighted by Crippen LogP contribution is -1.93. The van der Waals surface area contributed by atoms with Gasteiger partial charge in [0.1, 0.15) is 0 Å². The third-order valence-corrected chi connectivity index (χ3v) is 2.10. The zero-order valence-corrected chi connectivity index (χ0v) is 7.61. The van der Waals surface area contributed by atoms with Gasteiger partial charge in [-0.15, -0.1) is 0 Å². The summed E-state index contributed by atoms with van der Waals surface area (Å²) in [6.07, 6.45) is 5.95. The number of hydrogen-bond donors (Lipinski definition) is 1. The molecule has 0 unspecified atom stereocenters. The summed E-state index contributed by atoms with van der Waals surface area (Å²) in [5, 5.41) is 4.16. The highest BCUT2D eigenvalue weighted by Crippen LogP contribution is 2.18. The van der Waals surface area contributed by atoms with Crippen LogP contribution in [0.4, 0.5) is 5.13 Å². The van der Waals surface area contributed by atoms with E-state index in [2.05, 4.69) is 23.3 Å². The van der Waals surface area contributed by atoms with Crippen LogP contribution >= 0.6 is 11.3 Å². The van der Waals surface area contributed by atoms with E-state index in [4.69, 9.17) is 0 Å². The summed E-state index contributed by atoms with van der Waals surface area (Å²) in [6.45, 7) is 5.01. The van der Waals surface area contributed by atoms with Crippen molar-refractivity contribution in [3.63, 3.8) is 0 Å². The minimum Gasteiger partial charge on any atom is -0.362 e. The third kappa shape index (κ3) is 2.35. The Bertz CT molecular complexity index is 240. The van der Waals surface area contributed by atoms with Gasteiger partial charge in [-0.25, -0.2) is 4.98 Å². The van der Waals surface area contributed by atoms with Crippen LogP contribution in [0.2, 0.25) is 0 Å². The van der Waals surface area contributed by atoms with Crippen LogP contribution in [-0.2, 0) is 0 Å². The molecule has 3 heteroatoms. The Morgan fingerprint density at radius 3 is 3.18 bits per heavy atom. The Labute approximate surface area is 71.0 Å². The van der Waals surface area contributed by atoms with E-state index in [0.29, 0.717) is 0 Å². The molecule has 1 heterocycles. The first-order valence-corrected chi connectivity index (χ1v) is 4.51. The van der Waals surface area contributed by atoms with Crippen LogP contribution in [-0.4, -0.2) is 11.5 Å². The highest BCUT2D eigenvalue weighted by molar-refractivity contribution is 7.16. The first kappa shape index (κ1) is 8.27. The molecule has 1 aromatic heterocycles. The van der Waals surface area contributed by atoms with Crippen LogP contribution < -0.4 is 5.32 Å². The molecule has 2 nitrogen and oxygen atoms in total. The fraction of sp³-hybridized carbons (Fsp3) is 0.375. The van der Waals surface area contributed by atoms with Gasteiger partial charge in [-0.2, -0.15) is 0 Å². The molecule has 0 amide bonds. The van der Waals surface area contributed by atoms with Crippen molar-refractivity contribution in [1.29, 1.82) is 0 Å². The Morgan fingerprint density at radius 2 is 2.55 bits per heavy atom. The molecule has 0 radical (unpaired) electrons. The van der Waals surface area contributed by atoms with Crippen molar-refractivity contribution in [2.24, 2.45) is 0 Å². The van der Waals surface area contributed by atoms with E-state index in [1.54, 1.807) is 11.3 Å². The van der Waals surface area contributed by atoms with Gasteiger partial charge in [0, 0.05) is 17.6 Å². The molecule has 0 aliphatic heterocycles. The molecule has 0 aliphatic carbocycles. The lowest BCUT2D eigenvalue weighted by Gasteiger charge is -1.92. The number of anilines is 1. The molecular weight excluding hydrogens is 156 g/mol. The molecule has 0 spiro atoms. The molecule has 11 heavy (non-hydrogen) atoms. The second-order valence-electron chi connectivity index (χ2n) is 2.10. The van der Waals surface area contributed by atoms with Crippen LogP contribution in [0, 0.1) is 0 Å². The summed E-state index contributed by atoms with van der Waals surface area (Å²) in [5.41, 5.74) is 0. The monoisotopic (exact) mass is 168 g/mol. The number of thiazole rings is 1. The van der Waals surface area contributed by atoms with Gasteiger partial charge < -0.3 is 5.32 Å². The normalized spacial score (nSPS) is 10.7. The Morgan fingerprint density at radius 1 is 1.73 bits per heavy atom. The van der Waals surface area contributed by atoms with Crippen LogP contribution in [0.15, 0.2) is 12.3 Å². The maximum Gasteiger partial charge on any atom is 0.183 e. The quantitative estimate of drug-likeness (QED) is 0.750. The summed E-state index contributed by atoms with van der Waals surface area (Å²) in [6, 6.07) is 0. The van der Waals surface area contributed by atoms with Crippen LogP contribution in [0.1, 0.15) is 18.7 Å². The Balaban J connectivity index is 2.65. The van der Waals surface area contributed by atoms with Gasteiger partial charge >= 0.3 is 0 Å². The molecule has 0 bridgehead atoms. The maximum atomic E-state index is 4.18. The van der Waals surface area contributed by atoms with Crippen LogP contribution in [0.25, 0.3) is 6.08 Å². The average molecular weight is 168 g/mol. The zero-order valence-electron chi connectivity index (χ0n) is 6.79. The Kier molecular flexibility index (Phi) is 3.11. The number of rotatable bonds is 3. The second kappa shape index (κ2) is 4.13. The summed E-state index contributed by atoms with van der Waals surface area (Å²) in [4.78, 5) is 5.38. The third-order valence-electron chi connectivity index (χ3n) is 1.18. The first-order chi connectivity index (χ1) is 5.36. The molecule has 60 valence electrons. The van der Waals surface area contributed by atoms with E-state index in [1.807, 2.05) is 19.2 Å². The smallest absolute Gasteiger partial charge is 0.183 e. The fourth-order valence-corrected chi connectivity index (χ4v) is 1.62. The number of nitrogens with zero attached hydrogens (tertiary/aromatic N) is 1.